The van der Waals surface area contributed by atoms with Gasteiger partial charge in [0.05, 0.1) is 0 Å². The maximum Gasteiger partial charge on any atom is 0.514 e. The van der Waals surface area contributed by atoms with Gasteiger partial charge in [0.2, 0.25) is 5.75 Å². The molecule has 0 aliphatic carbocycles. The zero-order valence-corrected chi connectivity index (χ0v) is 24.2. The number of fused-ring (bicyclic) bond motifs is 1. The first kappa shape index (κ1) is 29.4. The highest BCUT2D eigenvalue weighted by atomic mass is 32.1. The lowest BCUT2D eigenvalue weighted by Crippen LogP contribution is -2.39. The summed E-state index contributed by atoms with van der Waals surface area (Å²) in [5.41, 5.74) is -0.00402. The Hall–Kier alpha value is -3.18. The second kappa shape index (κ2) is 12.1. The molecular weight excluding hydrogens is 528 g/mol. The SMILES string of the molecule is CC(C)(C)OC(=O)Oc1ccc(CCN(CCc2ccc(CC=O)s2)C(=O)OC(C)(C)C)c2sc(O)[nH+]c12. The van der Waals surface area contributed by atoms with Crippen molar-refractivity contribution in [3.05, 3.63) is 39.6 Å². The highest BCUT2D eigenvalue weighted by Crippen LogP contribution is 2.33. The maximum atomic E-state index is 13.0. The smallest absolute Gasteiger partial charge is 0.451 e. The minimum Gasteiger partial charge on any atom is -0.451 e. The molecule has 2 heterocycles. The molecule has 0 aliphatic heterocycles. The number of carbonyl (C=O) groups is 3. The van der Waals surface area contributed by atoms with Gasteiger partial charge in [-0.05, 0) is 89.5 Å². The van der Waals surface area contributed by atoms with E-state index in [4.69, 9.17) is 14.2 Å². The van der Waals surface area contributed by atoms with Crippen LogP contribution in [-0.4, -0.2) is 52.8 Å². The summed E-state index contributed by atoms with van der Waals surface area (Å²) >= 11 is 2.69. The molecule has 0 spiro atoms. The van der Waals surface area contributed by atoms with E-state index < -0.39 is 23.5 Å². The van der Waals surface area contributed by atoms with Crippen molar-refractivity contribution in [2.24, 2.45) is 0 Å². The molecule has 3 aromatic rings. The second-order valence-corrected chi connectivity index (χ2v) is 13.0. The second-order valence-electron chi connectivity index (χ2n) is 10.7. The van der Waals surface area contributed by atoms with Crippen LogP contribution in [0.15, 0.2) is 24.3 Å². The normalized spacial score (nSPS) is 11.8. The van der Waals surface area contributed by atoms with E-state index in [2.05, 4.69) is 4.98 Å². The number of hydrogen-bond donors (Lipinski definition) is 1. The topological polar surface area (TPSA) is 117 Å². The van der Waals surface area contributed by atoms with Gasteiger partial charge < -0.3 is 29.0 Å². The number of aromatic hydroxyl groups is 1. The number of aromatic nitrogens is 1. The summed E-state index contributed by atoms with van der Waals surface area (Å²) in [6, 6.07) is 7.36. The summed E-state index contributed by atoms with van der Waals surface area (Å²) in [4.78, 5) is 42.6. The largest absolute Gasteiger partial charge is 0.514 e. The lowest BCUT2D eigenvalue weighted by Gasteiger charge is -2.27. The fourth-order valence-electron chi connectivity index (χ4n) is 3.58. The minimum absolute atomic E-state index is 0.0330. The molecule has 0 saturated carbocycles. The third-order valence-corrected chi connectivity index (χ3v) is 7.28. The number of nitrogens with one attached hydrogen (secondary N) is 1. The number of benzene rings is 1. The standard InChI is InChI=1S/C27H34N2O7S2/c1-26(2,3)35-24(32)29(15-12-18-8-9-19(37-18)13-16-30)14-11-17-7-10-20(21-22(17)38-23(31)28-21)34-25(33)36-27(4,5)6/h7-10,16H,11-15H2,1-6H3,(H,28,31)/p+1. The molecule has 2 aromatic heterocycles. The number of carbonyl (C=O) groups excluding carboxylic acids is 3. The summed E-state index contributed by atoms with van der Waals surface area (Å²) in [5, 5.41) is 10.1. The third-order valence-electron chi connectivity index (χ3n) is 5.15. The van der Waals surface area contributed by atoms with Gasteiger partial charge in [-0.2, -0.15) is 4.98 Å². The van der Waals surface area contributed by atoms with Gasteiger partial charge in [-0.15, -0.1) is 11.3 Å². The highest BCUT2D eigenvalue weighted by Gasteiger charge is 2.26. The van der Waals surface area contributed by atoms with Crippen molar-refractivity contribution in [3.8, 4) is 10.9 Å². The molecule has 3 rings (SSSR count). The van der Waals surface area contributed by atoms with Crippen LogP contribution in [0.4, 0.5) is 9.59 Å². The van der Waals surface area contributed by atoms with Crippen LogP contribution in [0.1, 0.15) is 56.9 Å². The van der Waals surface area contributed by atoms with Crippen LogP contribution in [0.3, 0.4) is 0 Å². The van der Waals surface area contributed by atoms with E-state index in [-0.39, 0.29) is 10.9 Å². The number of hydrogen-bond acceptors (Lipinski definition) is 9. The molecule has 9 nitrogen and oxygen atoms in total. The number of H-pyrrole nitrogens is 1. The Morgan fingerprint density at radius 2 is 1.61 bits per heavy atom. The van der Waals surface area contributed by atoms with Crippen LogP contribution in [-0.2, 0) is 33.5 Å². The van der Waals surface area contributed by atoms with Crippen LogP contribution in [0.25, 0.3) is 10.2 Å². The van der Waals surface area contributed by atoms with Crippen molar-refractivity contribution in [1.29, 1.82) is 0 Å². The Morgan fingerprint density at radius 1 is 0.947 bits per heavy atom. The van der Waals surface area contributed by atoms with Gasteiger partial charge in [-0.1, -0.05) is 6.07 Å². The highest BCUT2D eigenvalue weighted by molar-refractivity contribution is 7.19. The Kier molecular flexibility index (Phi) is 9.37. The Balaban J connectivity index is 1.77. The van der Waals surface area contributed by atoms with Crippen molar-refractivity contribution in [2.75, 3.05) is 13.1 Å². The lowest BCUT2D eigenvalue weighted by molar-refractivity contribution is -0.356. The van der Waals surface area contributed by atoms with Crippen molar-refractivity contribution in [2.45, 2.75) is 72.0 Å². The molecule has 0 radical (unpaired) electrons. The van der Waals surface area contributed by atoms with Crippen LogP contribution in [0, 0.1) is 0 Å². The van der Waals surface area contributed by atoms with Gasteiger partial charge >= 0.3 is 17.4 Å². The number of thiophene rings is 1. The van der Waals surface area contributed by atoms with E-state index in [1.807, 2.05) is 39.0 Å². The first-order chi connectivity index (χ1) is 17.7. The fourth-order valence-corrected chi connectivity index (χ4v) is 5.44. The van der Waals surface area contributed by atoms with Gasteiger partial charge in [-0.25, -0.2) is 9.59 Å². The predicted molar refractivity (Wildman–Crippen MR) is 146 cm³/mol. The molecule has 0 bridgehead atoms. The number of amides is 1. The van der Waals surface area contributed by atoms with Crippen molar-refractivity contribution >= 4 is 51.4 Å². The molecule has 0 atom stereocenters. The van der Waals surface area contributed by atoms with E-state index in [1.54, 1.807) is 43.1 Å². The summed E-state index contributed by atoms with van der Waals surface area (Å²) in [7, 11) is 0. The Bertz CT molecular complexity index is 1280. The summed E-state index contributed by atoms with van der Waals surface area (Å²) < 4.78 is 17.0. The van der Waals surface area contributed by atoms with Crippen molar-refractivity contribution in [3.63, 3.8) is 0 Å². The van der Waals surface area contributed by atoms with E-state index in [9.17, 15) is 19.5 Å². The Labute approximate surface area is 230 Å². The number of nitrogens with zero attached hydrogens (tertiary/aromatic N) is 1. The first-order valence-corrected chi connectivity index (χ1v) is 13.9. The summed E-state index contributed by atoms with van der Waals surface area (Å²) in [6.45, 7) is 11.5. The molecule has 1 aromatic carbocycles. The zero-order valence-electron chi connectivity index (χ0n) is 22.6. The number of aldehydes is 1. The van der Waals surface area contributed by atoms with E-state index >= 15 is 0 Å². The van der Waals surface area contributed by atoms with Crippen LogP contribution in [0.5, 0.6) is 10.9 Å². The molecule has 2 N–H and O–H groups in total. The number of rotatable bonds is 9. The van der Waals surface area contributed by atoms with Gasteiger partial charge in [0.25, 0.3) is 5.52 Å². The first-order valence-electron chi connectivity index (χ1n) is 12.3. The molecule has 206 valence electrons. The molecule has 38 heavy (non-hydrogen) atoms. The third kappa shape index (κ3) is 8.70. The molecule has 0 aliphatic rings. The minimum atomic E-state index is -0.841. The van der Waals surface area contributed by atoms with E-state index in [1.165, 1.54) is 0 Å². The van der Waals surface area contributed by atoms with Crippen LogP contribution < -0.4 is 9.72 Å². The molecule has 0 saturated heterocycles. The van der Waals surface area contributed by atoms with E-state index in [0.29, 0.717) is 42.6 Å². The molecular formula is C27H35N2O7S2+. The fraction of sp³-hybridized carbons (Fsp3) is 0.481. The summed E-state index contributed by atoms with van der Waals surface area (Å²) in [6.07, 6.45) is 1.13. The number of thiazole rings is 1. The van der Waals surface area contributed by atoms with Gasteiger partial charge in [-0.3, -0.25) is 0 Å². The molecule has 11 heteroatoms. The predicted octanol–water partition coefficient (Wildman–Crippen LogP) is 5.56. The van der Waals surface area contributed by atoms with Crippen molar-refractivity contribution < 1.29 is 38.7 Å². The summed E-state index contributed by atoms with van der Waals surface area (Å²) in [5.74, 6) is 0.238. The van der Waals surface area contributed by atoms with Gasteiger partial charge in [0, 0.05) is 29.3 Å². The van der Waals surface area contributed by atoms with Gasteiger partial charge in [0.15, 0.2) is 0 Å². The zero-order chi connectivity index (χ0) is 28.1. The maximum absolute atomic E-state index is 13.0. The van der Waals surface area contributed by atoms with Gasteiger partial charge in [0.1, 0.15) is 22.2 Å². The lowest BCUT2D eigenvalue weighted by atomic mass is 10.1. The molecule has 1 amide bonds. The van der Waals surface area contributed by atoms with Crippen LogP contribution >= 0.6 is 22.7 Å². The molecule has 0 fully saturated rings. The Morgan fingerprint density at radius 3 is 2.26 bits per heavy atom. The monoisotopic (exact) mass is 563 g/mol. The molecule has 0 unspecified atom stereocenters. The van der Waals surface area contributed by atoms with Crippen LogP contribution in [0.2, 0.25) is 0 Å². The number of ether oxygens (including phenoxy) is 3. The average molecular weight is 564 g/mol. The number of aromatic amines is 1. The van der Waals surface area contributed by atoms with E-state index in [0.717, 1.165) is 32.9 Å². The average Bonchev–Trinajstić information content (AvgIpc) is 3.38. The quantitative estimate of drug-likeness (QED) is 0.206. The van der Waals surface area contributed by atoms with Crippen molar-refractivity contribution in [1.82, 2.24) is 4.90 Å².